The lowest BCUT2D eigenvalue weighted by Gasteiger charge is -2.09. The molecular weight excluding hydrogens is 421 g/mol. The van der Waals surface area contributed by atoms with Crippen LogP contribution in [0.25, 0.3) is 5.69 Å². The standard InChI is InChI=1S/C22H20ClN5O.ClH/c23-19-11-9-17(10-12-19)13-14-24-16-18-5-4-8-21(15-18)29-22-25-26-27-28(22)20-6-2-1-3-7-20;/h1-12,15,24H,13-14,16H2;1H. The minimum atomic E-state index is 0. The summed E-state index contributed by atoms with van der Waals surface area (Å²) in [5.74, 6) is 0.689. The zero-order valence-electron chi connectivity index (χ0n) is 16.1. The molecule has 0 saturated carbocycles. The molecule has 1 aromatic heterocycles. The molecule has 8 heteroatoms. The van der Waals surface area contributed by atoms with Crippen molar-refractivity contribution in [3.05, 3.63) is 95.0 Å². The molecule has 0 radical (unpaired) electrons. The Kier molecular flexibility index (Phi) is 7.79. The highest BCUT2D eigenvalue weighted by Crippen LogP contribution is 2.22. The van der Waals surface area contributed by atoms with Crippen molar-refractivity contribution in [2.45, 2.75) is 13.0 Å². The van der Waals surface area contributed by atoms with Crippen LogP contribution in [-0.4, -0.2) is 26.8 Å². The number of nitrogens with one attached hydrogen (secondary N) is 1. The van der Waals surface area contributed by atoms with E-state index < -0.39 is 0 Å². The Morgan fingerprint density at radius 2 is 1.70 bits per heavy atom. The van der Waals surface area contributed by atoms with E-state index in [9.17, 15) is 0 Å². The van der Waals surface area contributed by atoms with E-state index in [-0.39, 0.29) is 12.4 Å². The number of nitrogens with zero attached hydrogens (tertiary/aromatic N) is 4. The summed E-state index contributed by atoms with van der Waals surface area (Å²) in [5.41, 5.74) is 3.22. The third kappa shape index (κ3) is 5.79. The fourth-order valence-corrected chi connectivity index (χ4v) is 3.04. The highest BCUT2D eigenvalue weighted by Gasteiger charge is 2.10. The number of hydrogen-bond acceptors (Lipinski definition) is 5. The predicted octanol–water partition coefficient (Wildman–Crippen LogP) is 4.86. The molecule has 0 saturated heterocycles. The molecule has 0 aliphatic heterocycles. The van der Waals surface area contributed by atoms with Crippen LogP contribution in [-0.2, 0) is 13.0 Å². The molecule has 30 heavy (non-hydrogen) atoms. The highest BCUT2D eigenvalue weighted by atomic mass is 35.5. The largest absolute Gasteiger partial charge is 0.423 e. The molecule has 0 spiro atoms. The van der Waals surface area contributed by atoms with Crippen molar-refractivity contribution >= 4 is 24.0 Å². The van der Waals surface area contributed by atoms with Gasteiger partial charge in [-0.15, -0.1) is 12.4 Å². The normalized spacial score (nSPS) is 10.4. The highest BCUT2D eigenvalue weighted by molar-refractivity contribution is 6.30. The predicted molar refractivity (Wildman–Crippen MR) is 120 cm³/mol. The van der Waals surface area contributed by atoms with Gasteiger partial charge < -0.3 is 10.1 Å². The van der Waals surface area contributed by atoms with E-state index in [1.165, 1.54) is 5.56 Å². The number of halogens is 2. The van der Waals surface area contributed by atoms with Gasteiger partial charge in [0.05, 0.1) is 5.69 Å². The first kappa shape index (κ1) is 21.8. The minimum Gasteiger partial charge on any atom is -0.423 e. The molecule has 6 nitrogen and oxygen atoms in total. The summed E-state index contributed by atoms with van der Waals surface area (Å²) in [6.07, 6.45) is 0.944. The third-order valence-corrected chi connectivity index (χ3v) is 4.63. The van der Waals surface area contributed by atoms with Gasteiger partial charge in [-0.25, -0.2) is 0 Å². The molecule has 3 aromatic carbocycles. The van der Waals surface area contributed by atoms with Gasteiger partial charge in [0.25, 0.3) is 0 Å². The number of hydrogen-bond donors (Lipinski definition) is 1. The lowest BCUT2D eigenvalue weighted by molar-refractivity contribution is 0.426. The smallest absolute Gasteiger partial charge is 0.345 e. The zero-order chi connectivity index (χ0) is 19.9. The number of benzene rings is 3. The van der Waals surface area contributed by atoms with Crippen molar-refractivity contribution in [2.24, 2.45) is 0 Å². The van der Waals surface area contributed by atoms with Crippen LogP contribution in [0.3, 0.4) is 0 Å². The summed E-state index contributed by atoms with van der Waals surface area (Å²) >= 11 is 5.92. The minimum absolute atomic E-state index is 0. The summed E-state index contributed by atoms with van der Waals surface area (Å²) in [4.78, 5) is 0. The van der Waals surface area contributed by atoms with Crippen LogP contribution in [0.1, 0.15) is 11.1 Å². The van der Waals surface area contributed by atoms with Crippen LogP contribution in [0, 0.1) is 0 Å². The summed E-state index contributed by atoms with van der Waals surface area (Å²) < 4.78 is 7.48. The number of rotatable bonds is 8. The lowest BCUT2D eigenvalue weighted by Crippen LogP contribution is -2.16. The van der Waals surface area contributed by atoms with Crippen molar-refractivity contribution in [3.8, 4) is 17.4 Å². The van der Waals surface area contributed by atoms with E-state index in [1.807, 2.05) is 60.7 Å². The Balaban J connectivity index is 0.00000256. The van der Waals surface area contributed by atoms with Crippen LogP contribution in [0.15, 0.2) is 78.9 Å². The maximum atomic E-state index is 5.92. The molecule has 0 aliphatic rings. The lowest BCUT2D eigenvalue weighted by atomic mass is 10.1. The second-order valence-corrected chi connectivity index (χ2v) is 6.95. The molecule has 0 atom stereocenters. The Morgan fingerprint density at radius 3 is 2.50 bits per heavy atom. The van der Waals surface area contributed by atoms with Gasteiger partial charge in [0.15, 0.2) is 0 Å². The topological polar surface area (TPSA) is 64.9 Å². The molecule has 4 aromatic rings. The van der Waals surface area contributed by atoms with E-state index >= 15 is 0 Å². The van der Waals surface area contributed by atoms with Gasteiger partial charge in [-0.1, -0.05) is 59.2 Å². The van der Waals surface area contributed by atoms with Crippen molar-refractivity contribution in [2.75, 3.05) is 6.54 Å². The monoisotopic (exact) mass is 441 g/mol. The molecule has 1 N–H and O–H groups in total. The van der Waals surface area contributed by atoms with E-state index in [0.29, 0.717) is 11.8 Å². The van der Waals surface area contributed by atoms with Crippen molar-refractivity contribution in [1.82, 2.24) is 25.5 Å². The average molecular weight is 442 g/mol. The summed E-state index contributed by atoms with van der Waals surface area (Å²) in [5, 5.41) is 15.9. The van der Waals surface area contributed by atoms with Crippen LogP contribution in [0.2, 0.25) is 5.02 Å². The first-order chi connectivity index (χ1) is 14.3. The molecule has 0 unspecified atom stereocenters. The quantitative estimate of drug-likeness (QED) is 0.395. The van der Waals surface area contributed by atoms with Gasteiger partial charge in [0, 0.05) is 11.6 Å². The molecule has 154 valence electrons. The van der Waals surface area contributed by atoms with Crippen molar-refractivity contribution in [3.63, 3.8) is 0 Å². The number of para-hydroxylation sites is 1. The molecular formula is C22H21Cl2N5O. The fraction of sp³-hybridized carbons (Fsp3) is 0.136. The van der Waals surface area contributed by atoms with E-state index in [0.717, 1.165) is 35.8 Å². The Bertz CT molecular complexity index is 1050. The maximum absolute atomic E-state index is 5.92. The van der Waals surface area contributed by atoms with Gasteiger partial charge in [-0.2, -0.15) is 4.68 Å². The Hall–Kier alpha value is -2.93. The molecule has 4 rings (SSSR count). The fourth-order valence-electron chi connectivity index (χ4n) is 2.91. The molecule has 0 bridgehead atoms. The Labute approximate surface area is 186 Å². The second-order valence-electron chi connectivity index (χ2n) is 6.51. The van der Waals surface area contributed by atoms with Crippen LogP contribution >= 0.6 is 24.0 Å². The van der Waals surface area contributed by atoms with E-state index in [2.05, 4.69) is 39.0 Å². The molecule has 1 heterocycles. The van der Waals surface area contributed by atoms with E-state index in [4.69, 9.17) is 16.3 Å². The summed E-state index contributed by atoms with van der Waals surface area (Å²) in [6, 6.07) is 25.8. The summed E-state index contributed by atoms with van der Waals surface area (Å²) in [6.45, 7) is 1.62. The number of tetrazole rings is 1. The summed E-state index contributed by atoms with van der Waals surface area (Å²) in [7, 11) is 0. The van der Waals surface area contributed by atoms with Crippen LogP contribution in [0.5, 0.6) is 11.8 Å². The van der Waals surface area contributed by atoms with Crippen LogP contribution < -0.4 is 10.1 Å². The maximum Gasteiger partial charge on any atom is 0.345 e. The second kappa shape index (κ2) is 10.7. The van der Waals surface area contributed by atoms with Crippen LogP contribution in [0.4, 0.5) is 0 Å². The molecule has 0 amide bonds. The van der Waals surface area contributed by atoms with Gasteiger partial charge in [0.1, 0.15) is 5.75 Å². The Morgan fingerprint density at radius 1 is 0.900 bits per heavy atom. The first-order valence-corrected chi connectivity index (χ1v) is 9.71. The SMILES string of the molecule is Cl.Clc1ccc(CCNCc2cccc(Oc3nnnn3-c3ccccc3)c2)cc1. The van der Waals surface area contributed by atoms with Gasteiger partial charge >= 0.3 is 6.01 Å². The van der Waals surface area contributed by atoms with Gasteiger partial charge in [0.2, 0.25) is 0 Å². The number of aromatic nitrogens is 4. The third-order valence-electron chi connectivity index (χ3n) is 4.38. The first-order valence-electron chi connectivity index (χ1n) is 9.34. The van der Waals surface area contributed by atoms with Gasteiger partial charge in [-0.05, 0) is 70.9 Å². The molecule has 0 fully saturated rings. The average Bonchev–Trinajstić information content (AvgIpc) is 3.21. The van der Waals surface area contributed by atoms with Crippen molar-refractivity contribution in [1.29, 1.82) is 0 Å². The zero-order valence-corrected chi connectivity index (χ0v) is 17.7. The van der Waals surface area contributed by atoms with E-state index in [1.54, 1.807) is 4.68 Å². The molecule has 0 aliphatic carbocycles. The number of ether oxygens (including phenoxy) is 1. The van der Waals surface area contributed by atoms with Crippen molar-refractivity contribution < 1.29 is 4.74 Å². The van der Waals surface area contributed by atoms with Gasteiger partial charge in [-0.3, -0.25) is 0 Å².